The number of nitrogen functional groups attached to an aromatic ring is 1. The molecule has 1 aromatic heterocycles. The zero-order valence-electron chi connectivity index (χ0n) is 9.11. The second-order valence-corrected chi connectivity index (χ2v) is 3.99. The number of nitrogens with two attached hydrogens (primary N) is 1. The average molecular weight is 206 g/mol. The standard InChI is InChI=1S/C11H18N4/c1-13-9-3-6-15(7-4-9)10-2-5-14-11(12)8-10/h2,5,8-9,13H,3-4,6-7H2,1H3,(H2,12,14). The van der Waals surface area contributed by atoms with Crippen LogP contribution in [0.25, 0.3) is 0 Å². The van der Waals surface area contributed by atoms with Crippen molar-refractivity contribution < 1.29 is 0 Å². The van der Waals surface area contributed by atoms with E-state index in [-0.39, 0.29) is 0 Å². The number of piperidine rings is 1. The number of nitrogens with zero attached hydrogens (tertiary/aromatic N) is 2. The first-order chi connectivity index (χ1) is 7.29. The van der Waals surface area contributed by atoms with E-state index in [4.69, 9.17) is 5.73 Å². The van der Waals surface area contributed by atoms with Crippen LogP contribution in [0, 0.1) is 0 Å². The van der Waals surface area contributed by atoms with Gasteiger partial charge in [-0.05, 0) is 26.0 Å². The Hall–Kier alpha value is -1.29. The van der Waals surface area contributed by atoms with Crippen LogP contribution in [0.2, 0.25) is 0 Å². The van der Waals surface area contributed by atoms with Crippen molar-refractivity contribution in [2.24, 2.45) is 0 Å². The molecule has 0 spiro atoms. The summed E-state index contributed by atoms with van der Waals surface area (Å²) in [5.74, 6) is 0.600. The summed E-state index contributed by atoms with van der Waals surface area (Å²) in [7, 11) is 2.03. The zero-order chi connectivity index (χ0) is 10.7. The number of aromatic nitrogens is 1. The molecule has 0 unspecified atom stereocenters. The first-order valence-corrected chi connectivity index (χ1v) is 5.43. The van der Waals surface area contributed by atoms with Gasteiger partial charge in [0.15, 0.2) is 0 Å². The average Bonchev–Trinajstić information content (AvgIpc) is 2.29. The second kappa shape index (κ2) is 4.49. The third-order valence-electron chi connectivity index (χ3n) is 3.03. The van der Waals surface area contributed by atoms with Crippen LogP contribution < -0.4 is 16.0 Å². The maximum atomic E-state index is 5.67. The van der Waals surface area contributed by atoms with Crippen LogP contribution in [0.15, 0.2) is 18.3 Å². The lowest BCUT2D eigenvalue weighted by atomic mass is 10.0. The summed E-state index contributed by atoms with van der Waals surface area (Å²) in [4.78, 5) is 6.37. The molecular weight excluding hydrogens is 188 g/mol. The Kier molecular flexibility index (Phi) is 3.06. The molecule has 0 radical (unpaired) electrons. The lowest BCUT2D eigenvalue weighted by Crippen LogP contribution is -2.41. The molecule has 2 rings (SSSR count). The van der Waals surface area contributed by atoms with E-state index in [0.717, 1.165) is 13.1 Å². The maximum absolute atomic E-state index is 5.67. The van der Waals surface area contributed by atoms with Crippen molar-refractivity contribution in [1.29, 1.82) is 0 Å². The summed E-state index contributed by atoms with van der Waals surface area (Å²) in [6.07, 6.45) is 4.16. The van der Waals surface area contributed by atoms with Crippen molar-refractivity contribution in [1.82, 2.24) is 10.3 Å². The van der Waals surface area contributed by atoms with Crippen LogP contribution in [0.1, 0.15) is 12.8 Å². The Labute approximate surface area is 90.5 Å². The first-order valence-electron chi connectivity index (χ1n) is 5.43. The van der Waals surface area contributed by atoms with E-state index in [0.29, 0.717) is 11.9 Å². The molecule has 4 heteroatoms. The quantitative estimate of drug-likeness (QED) is 0.753. The minimum absolute atomic E-state index is 0.600. The zero-order valence-corrected chi connectivity index (χ0v) is 9.11. The molecule has 0 aromatic carbocycles. The summed E-state index contributed by atoms with van der Waals surface area (Å²) in [6, 6.07) is 4.64. The van der Waals surface area contributed by atoms with Gasteiger partial charge >= 0.3 is 0 Å². The monoisotopic (exact) mass is 206 g/mol. The molecular formula is C11H18N4. The largest absolute Gasteiger partial charge is 0.384 e. The van der Waals surface area contributed by atoms with Gasteiger partial charge in [-0.3, -0.25) is 0 Å². The van der Waals surface area contributed by atoms with Gasteiger partial charge in [-0.15, -0.1) is 0 Å². The molecule has 3 N–H and O–H groups in total. The highest BCUT2D eigenvalue weighted by Gasteiger charge is 2.17. The van der Waals surface area contributed by atoms with Crippen LogP contribution in [-0.2, 0) is 0 Å². The Balaban J connectivity index is 2.01. The van der Waals surface area contributed by atoms with Crippen molar-refractivity contribution in [3.63, 3.8) is 0 Å². The van der Waals surface area contributed by atoms with Crippen LogP contribution in [0.4, 0.5) is 11.5 Å². The fourth-order valence-corrected chi connectivity index (χ4v) is 2.06. The predicted molar refractivity (Wildman–Crippen MR) is 62.9 cm³/mol. The van der Waals surface area contributed by atoms with E-state index in [2.05, 4.69) is 15.2 Å². The van der Waals surface area contributed by atoms with Gasteiger partial charge in [0.1, 0.15) is 5.82 Å². The minimum Gasteiger partial charge on any atom is -0.384 e. The number of anilines is 2. The third kappa shape index (κ3) is 2.39. The van der Waals surface area contributed by atoms with E-state index in [1.54, 1.807) is 6.20 Å². The van der Waals surface area contributed by atoms with Gasteiger partial charge in [-0.1, -0.05) is 0 Å². The fourth-order valence-electron chi connectivity index (χ4n) is 2.06. The summed E-state index contributed by atoms with van der Waals surface area (Å²) < 4.78 is 0. The van der Waals surface area contributed by atoms with Crippen molar-refractivity contribution in [2.45, 2.75) is 18.9 Å². The van der Waals surface area contributed by atoms with E-state index < -0.39 is 0 Å². The Morgan fingerprint density at radius 1 is 1.47 bits per heavy atom. The summed E-state index contributed by atoms with van der Waals surface area (Å²) in [5, 5.41) is 3.32. The lowest BCUT2D eigenvalue weighted by molar-refractivity contribution is 0.442. The van der Waals surface area contributed by atoms with Gasteiger partial charge in [0.25, 0.3) is 0 Å². The molecule has 0 atom stereocenters. The molecule has 1 aromatic rings. The molecule has 1 saturated heterocycles. The molecule has 0 saturated carbocycles. The fraction of sp³-hybridized carbons (Fsp3) is 0.545. The van der Waals surface area contributed by atoms with E-state index in [1.807, 2.05) is 19.2 Å². The number of hydrogen-bond acceptors (Lipinski definition) is 4. The molecule has 15 heavy (non-hydrogen) atoms. The van der Waals surface area contributed by atoms with Gasteiger partial charge in [-0.2, -0.15) is 0 Å². The molecule has 1 fully saturated rings. The summed E-state index contributed by atoms with van der Waals surface area (Å²) >= 11 is 0. The number of rotatable bonds is 2. The molecule has 0 aliphatic carbocycles. The molecule has 82 valence electrons. The van der Waals surface area contributed by atoms with Crippen LogP contribution in [-0.4, -0.2) is 31.2 Å². The van der Waals surface area contributed by atoms with Gasteiger partial charge in [-0.25, -0.2) is 4.98 Å². The smallest absolute Gasteiger partial charge is 0.125 e. The molecule has 4 nitrogen and oxygen atoms in total. The number of nitrogens with one attached hydrogen (secondary N) is 1. The minimum atomic E-state index is 0.600. The van der Waals surface area contributed by atoms with E-state index in [9.17, 15) is 0 Å². The van der Waals surface area contributed by atoms with Crippen LogP contribution >= 0.6 is 0 Å². The Morgan fingerprint density at radius 2 is 2.20 bits per heavy atom. The molecule has 2 heterocycles. The topological polar surface area (TPSA) is 54.2 Å². The number of pyridine rings is 1. The first kappa shape index (κ1) is 10.2. The second-order valence-electron chi connectivity index (χ2n) is 3.99. The van der Waals surface area contributed by atoms with Gasteiger partial charge in [0.2, 0.25) is 0 Å². The van der Waals surface area contributed by atoms with Gasteiger partial charge < -0.3 is 16.0 Å². The van der Waals surface area contributed by atoms with Crippen molar-refractivity contribution in [2.75, 3.05) is 30.8 Å². The maximum Gasteiger partial charge on any atom is 0.125 e. The van der Waals surface area contributed by atoms with Crippen molar-refractivity contribution in [3.05, 3.63) is 18.3 Å². The van der Waals surface area contributed by atoms with E-state index >= 15 is 0 Å². The highest BCUT2D eigenvalue weighted by atomic mass is 15.1. The van der Waals surface area contributed by atoms with E-state index in [1.165, 1.54) is 18.5 Å². The van der Waals surface area contributed by atoms with Crippen molar-refractivity contribution >= 4 is 11.5 Å². The highest BCUT2D eigenvalue weighted by molar-refractivity contribution is 5.52. The molecule has 0 amide bonds. The number of hydrogen-bond donors (Lipinski definition) is 2. The third-order valence-corrected chi connectivity index (χ3v) is 3.03. The van der Waals surface area contributed by atoms with Crippen LogP contribution in [0.3, 0.4) is 0 Å². The predicted octanol–water partition coefficient (Wildman–Crippen LogP) is 0.852. The normalized spacial score (nSPS) is 18.1. The molecule has 1 aliphatic rings. The lowest BCUT2D eigenvalue weighted by Gasteiger charge is -2.33. The van der Waals surface area contributed by atoms with Crippen molar-refractivity contribution in [3.8, 4) is 0 Å². The Bertz CT molecular complexity index is 318. The summed E-state index contributed by atoms with van der Waals surface area (Å²) in [6.45, 7) is 2.18. The molecule has 0 bridgehead atoms. The van der Waals surface area contributed by atoms with Crippen LogP contribution in [0.5, 0.6) is 0 Å². The van der Waals surface area contributed by atoms with Gasteiger partial charge in [0.05, 0.1) is 0 Å². The summed E-state index contributed by atoms with van der Waals surface area (Å²) in [5.41, 5.74) is 6.86. The van der Waals surface area contributed by atoms with Gasteiger partial charge in [0, 0.05) is 37.1 Å². The highest BCUT2D eigenvalue weighted by Crippen LogP contribution is 2.20. The molecule has 1 aliphatic heterocycles. The SMILES string of the molecule is CNC1CCN(c2ccnc(N)c2)CC1. The Morgan fingerprint density at radius 3 is 2.80 bits per heavy atom.